The van der Waals surface area contributed by atoms with Crippen molar-refractivity contribution in [3.8, 4) is 22.7 Å². The molecule has 0 spiro atoms. The molecule has 0 saturated carbocycles. The predicted molar refractivity (Wildman–Crippen MR) is 122 cm³/mol. The first-order chi connectivity index (χ1) is 14.7. The second-order valence-electron chi connectivity index (χ2n) is 9.48. The van der Waals surface area contributed by atoms with E-state index in [1.54, 1.807) is 29.2 Å². The largest absolute Gasteiger partial charge is 0.507 e. The summed E-state index contributed by atoms with van der Waals surface area (Å²) in [5, 5.41) is 39.5. The third-order valence-electron chi connectivity index (χ3n) is 5.68. The molecule has 0 aliphatic carbocycles. The third-order valence-corrected chi connectivity index (χ3v) is 5.68. The van der Waals surface area contributed by atoms with E-state index in [9.17, 15) is 5.11 Å². The standard InChI is InChI=1S/C21H25N9O.ClH/c1-20(2)11-14(12-21(3,4)26-20)30-19-17(24-28-30)10-16(23-25-19)15-6-5-13(9-18(15)31)29-8-7-22-27-29;/h5-10,14,26,31H,11-12H2,1-4H3;1H. The Morgan fingerprint density at radius 2 is 1.75 bits per heavy atom. The third kappa shape index (κ3) is 4.03. The van der Waals surface area contributed by atoms with Gasteiger partial charge in [-0.3, -0.25) is 0 Å². The summed E-state index contributed by atoms with van der Waals surface area (Å²) in [7, 11) is 0. The van der Waals surface area contributed by atoms with Crippen LogP contribution in [0.5, 0.6) is 5.75 Å². The average molecular weight is 456 g/mol. The lowest BCUT2D eigenvalue weighted by atomic mass is 9.80. The van der Waals surface area contributed by atoms with Gasteiger partial charge in [0.2, 0.25) is 5.65 Å². The van der Waals surface area contributed by atoms with Crippen LogP contribution in [0.3, 0.4) is 0 Å². The maximum Gasteiger partial charge on any atom is 0.201 e. The molecule has 1 aliphatic rings. The normalized spacial score (nSPS) is 17.9. The van der Waals surface area contributed by atoms with E-state index < -0.39 is 0 Å². The van der Waals surface area contributed by atoms with E-state index in [2.05, 4.69) is 63.8 Å². The fraction of sp³-hybridized carbons (Fsp3) is 0.429. The van der Waals surface area contributed by atoms with Gasteiger partial charge in [-0.05, 0) is 58.7 Å². The van der Waals surface area contributed by atoms with Gasteiger partial charge in [-0.15, -0.1) is 32.8 Å². The zero-order valence-corrected chi connectivity index (χ0v) is 19.2. The van der Waals surface area contributed by atoms with Crippen molar-refractivity contribution in [2.24, 2.45) is 0 Å². The number of aromatic hydroxyl groups is 1. The summed E-state index contributed by atoms with van der Waals surface area (Å²) < 4.78 is 3.47. The van der Waals surface area contributed by atoms with Gasteiger partial charge in [0.05, 0.1) is 29.8 Å². The van der Waals surface area contributed by atoms with E-state index in [1.165, 1.54) is 0 Å². The molecule has 0 radical (unpaired) electrons. The molecule has 0 atom stereocenters. The van der Waals surface area contributed by atoms with Crippen LogP contribution in [0, 0.1) is 0 Å². The van der Waals surface area contributed by atoms with E-state index in [0.717, 1.165) is 12.8 Å². The van der Waals surface area contributed by atoms with Crippen molar-refractivity contribution < 1.29 is 5.11 Å². The van der Waals surface area contributed by atoms with Gasteiger partial charge in [0.25, 0.3) is 0 Å². The quantitative estimate of drug-likeness (QED) is 0.483. The minimum Gasteiger partial charge on any atom is -0.507 e. The van der Waals surface area contributed by atoms with Crippen molar-refractivity contribution >= 4 is 23.6 Å². The molecular formula is C21H26ClN9O. The molecule has 0 amide bonds. The van der Waals surface area contributed by atoms with Crippen LogP contribution < -0.4 is 5.32 Å². The van der Waals surface area contributed by atoms with E-state index in [0.29, 0.717) is 28.1 Å². The number of hydrogen-bond donors (Lipinski definition) is 2. The van der Waals surface area contributed by atoms with Crippen molar-refractivity contribution in [2.45, 2.75) is 57.7 Å². The van der Waals surface area contributed by atoms with Crippen LogP contribution >= 0.6 is 12.4 Å². The van der Waals surface area contributed by atoms with Crippen LogP contribution in [0.25, 0.3) is 28.1 Å². The molecule has 0 bridgehead atoms. The first kappa shape index (κ1) is 22.1. The van der Waals surface area contributed by atoms with Gasteiger partial charge in [0.1, 0.15) is 11.3 Å². The van der Waals surface area contributed by atoms with Crippen LogP contribution in [-0.4, -0.2) is 56.4 Å². The number of fused-ring (bicyclic) bond motifs is 1. The van der Waals surface area contributed by atoms with Gasteiger partial charge in [-0.25, -0.2) is 9.36 Å². The molecule has 4 aromatic rings. The zero-order chi connectivity index (χ0) is 21.8. The second kappa shape index (κ2) is 7.79. The summed E-state index contributed by atoms with van der Waals surface area (Å²) >= 11 is 0. The van der Waals surface area contributed by atoms with Crippen LogP contribution in [0.4, 0.5) is 0 Å². The molecule has 1 saturated heterocycles. The molecule has 32 heavy (non-hydrogen) atoms. The highest BCUT2D eigenvalue weighted by Gasteiger charge is 2.39. The zero-order valence-electron chi connectivity index (χ0n) is 18.4. The molecule has 11 heteroatoms. The predicted octanol–water partition coefficient (Wildman–Crippen LogP) is 3.08. The van der Waals surface area contributed by atoms with Crippen LogP contribution in [0.1, 0.15) is 46.6 Å². The Balaban J connectivity index is 0.00000245. The van der Waals surface area contributed by atoms with Crippen LogP contribution in [0.15, 0.2) is 36.7 Å². The van der Waals surface area contributed by atoms with Crippen LogP contribution in [-0.2, 0) is 0 Å². The number of nitrogens with zero attached hydrogens (tertiary/aromatic N) is 8. The number of halogens is 1. The Kier molecular flexibility index (Phi) is 5.38. The molecule has 0 unspecified atom stereocenters. The number of phenols is 1. The minimum absolute atomic E-state index is 0. The highest BCUT2D eigenvalue weighted by atomic mass is 35.5. The number of hydrogen-bond acceptors (Lipinski definition) is 8. The average Bonchev–Trinajstić information content (AvgIpc) is 3.35. The topological polar surface area (TPSA) is 119 Å². The summed E-state index contributed by atoms with van der Waals surface area (Å²) in [5.41, 5.74) is 3.07. The van der Waals surface area contributed by atoms with Crippen molar-refractivity contribution in [3.05, 3.63) is 36.7 Å². The van der Waals surface area contributed by atoms with E-state index in [-0.39, 0.29) is 35.3 Å². The Bertz CT molecular complexity index is 1230. The van der Waals surface area contributed by atoms with Crippen molar-refractivity contribution in [3.63, 3.8) is 0 Å². The first-order valence-electron chi connectivity index (χ1n) is 10.3. The van der Waals surface area contributed by atoms with Crippen molar-refractivity contribution in [2.75, 3.05) is 0 Å². The molecule has 10 nitrogen and oxygen atoms in total. The number of nitrogens with one attached hydrogen (secondary N) is 1. The number of aromatic nitrogens is 8. The number of benzene rings is 1. The lowest BCUT2D eigenvalue weighted by Crippen LogP contribution is -2.58. The van der Waals surface area contributed by atoms with E-state index in [1.807, 2.05) is 16.8 Å². The number of phenolic OH excluding ortho intramolecular Hbond substituents is 1. The fourth-order valence-corrected chi connectivity index (χ4v) is 4.79. The number of piperidine rings is 1. The molecule has 5 rings (SSSR count). The van der Waals surface area contributed by atoms with Crippen LogP contribution in [0.2, 0.25) is 0 Å². The van der Waals surface area contributed by atoms with Gasteiger partial charge in [0.15, 0.2) is 0 Å². The Hall–Kier alpha value is -3.11. The Morgan fingerprint density at radius 3 is 2.41 bits per heavy atom. The van der Waals surface area contributed by atoms with E-state index >= 15 is 0 Å². The maximum absolute atomic E-state index is 10.6. The fourth-order valence-electron chi connectivity index (χ4n) is 4.79. The van der Waals surface area contributed by atoms with Gasteiger partial charge in [-0.2, -0.15) is 0 Å². The highest BCUT2D eigenvalue weighted by molar-refractivity contribution is 5.85. The summed E-state index contributed by atoms with van der Waals surface area (Å²) in [6.07, 6.45) is 5.13. The molecule has 168 valence electrons. The molecule has 2 N–H and O–H groups in total. The van der Waals surface area contributed by atoms with Gasteiger partial charge in [-0.1, -0.05) is 10.4 Å². The summed E-state index contributed by atoms with van der Waals surface area (Å²) in [6, 6.07) is 7.22. The van der Waals surface area contributed by atoms with Gasteiger partial charge in [0, 0.05) is 22.7 Å². The molecule has 1 aromatic carbocycles. The maximum atomic E-state index is 10.6. The monoisotopic (exact) mass is 455 g/mol. The Labute approximate surface area is 191 Å². The van der Waals surface area contributed by atoms with E-state index in [4.69, 9.17) is 0 Å². The lowest BCUT2D eigenvalue weighted by Gasteiger charge is -2.46. The van der Waals surface area contributed by atoms with Crippen molar-refractivity contribution in [1.29, 1.82) is 0 Å². The molecule has 3 aromatic heterocycles. The lowest BCUT2D eigenvalue weighted by molar-refractivity contribution is 0.127. The van der Waals surface area contributed by atoms with Crippen molar-refractivity contribution in [1.82, 2.24) is 45.5 Å². The second-order valence-corrected chi connectivity index (χ2v) is 9.48. The highest BCUT2D eigenvalue weighted by Crippen LogP contribution is 2.37. The molecule has 4 heterocycles. The molecule has 1 aliphatic heterocycles. The number of rotatable bonds is 3. The summed E-state index contributed by atoms with van der Waals surface area (Å²) in [4.78, 5) is 0. The Morgan fingerprint density at radius 1 is 1.00 bits per heavy atom. The SMILES string of the molecule is CC1(C)CC(n2nnc3cc(-c4ccc(-n5ccnn5)cc4O)nnc32)CC(C)(C)N1.Cl. The van der Waals surface area contributed by atoms with Gasteiger partial charge < -0.3 is 10.4 Å². The summed E-state index contributed by atoms with van der Waals surface area (Å²) in [5.74, 6) is 0.0795. The molecular weight excluding hydrogens is 430 g/mol. The smallest absolute Gasteiger partial charge is 0.201 e. The first-order valence-corrected chi connectivity index (χ1v) is 10.3. The van der Waals surface area contributed by atoms with Gasteiger partial charge >= 0.3 is 0 Å². The summed E-state index contributed by atoms with van der Waals surface area (Å²) in [6.45, 7) is 8.82. The molecule has 1 fully saturated rings. The minimum atomic E-state index is -0.0182.